The quantitative estimate of drug-likeness (QED) is 0.791. The van der Waals surface area contributed by atoms with Gasteiger partial charge < -0.3 is 15.2 Å². The Bertz CT molecular complexity index is 333. The molecule has 0 bridgehead atoms. The summed E-state index contributed by atoms with van der Waals surface area (Å²) in [5.41, 5.74) is 1.21. The van der Waals surface area contributed by atoms with E-state index in [-0.39, 0.29) is 0 Å². The number of aliphatic hydroxyl groups excluding tert-OH is 1. The Balaban J connectivity index is 1.64. The van der Waals surface area contributed by atoms with Crippen LogP contribution in [0.1, 0.15) is 24.8 Å². The van der Waals surface area contributed by atoms with Gasteiger partial charge in [0.1, 0.15) is 18.5 Å². The Hall–Kier alpha value is -1.06. The van der Waals surface area contributed by atoms with Crippen LogP contribution in [0.2, 0.25) is 0 Å². The minimum Gasteiger partial charge on any atom is -0.491 e. The maximum atomic E-state index is 9.75. The highest BCUT2D eigenvalue weighted by Crippen LogP contribution is 2.17. The van der Waals surface area contributed by atoms with Gasteiger partial charge in [0.05, 0.1) is 0 Å². The molecule has 1 unspecified atom stereocenters. The Morgan fingerprint density at radius 3 is 2.65 bits per heavy atom. The summed E-state index contributed by atoms with van der Waals surface area (Å²) in [7, 11) is 0. The fraction of sp³-hybridized carbons (Fsp3) is 0.571. The number of ether oxygens (including phenoxy) is 1. The van der Waals surface area contributed by atoms with Crippen molar-refractivity contribution < 1.29 is 9.84 Å². The van der Waals surface area contributed by atoms with Crippen molar-refractivity contribution in [3.05, 3.63) is 29.8 Å². The highest BCUT2D eigenvalue weighted by Gasteiger charge is 2.17. The second-order valence-corrected chi connectivity index (χ2v) is 4.81. The van der Waals surface area contributed by atoms with E-state index in [0.29, 0.717) is 19.2 Å². The van der Waals surface area contributed by atoms with Gasteiger partial charge in [-0.1, -0.05) is 24.1 Å². The summed E-state index contributed by atoms with van der Waals surface area (Å²) in [4.78, 5) is 0. The topological polar surface area (TPSA) is 41.5 Å². The molecule has 17 heavy (non-hydrogen) atoms. The average Bonchev–Trinajstić information content (AvgIpc) is 2.26. The lowest BCUT2D eigenvalue weighted by Gasteiger charge is -2.27. The summed E-state index contributed by atoms with van der Waals surface area (Å²) >= 11 is 0. The molecule has 0 amide bonds. The zero-order chi connectivity index (χ0) is 12.1. The molecule has 3 nitrogen and oxygen atoms in total. The van der Waals surface area contributed by atoms with E-state index in [0.717, 1.165) is 5.75 Å². The van der Waals surface area contributed by atoms with Crippen LogP contribution in [0.5, 0.6) is 5.75 Å². The second-order valence-electron chi connectivity index (χ2n) is 4.81. The number of nitrogens with one attached hydrogen (secondary N) is 1. The fourth-order valence-corrected chi connectivity index (χ4v) is 1.80. The molecule has 1 fully saturated rings. The third-order valence-electron chi connectivity index (χ3n) is 3.21. The van der Waals surface area contributed by atoms with Gasteiger partial charge in [-0.3, -0.25) is 0 Å². The first-order valence-electron chi connectivity index (χ1n) is 6.35. The Kier molecular flexibility index (Phi) is 4.40. The normalized spacial score (nSPS) is 17.5. The third-order valence-corrected chi connectivity index (χ3v) is 3.21. The van der Waals surface area contributed by atoms with Gasteiger partial charge in [-0.2, -0.15) is 0 Å². The molecule has 3 heteroatoms. The molecular formula is C14H21NO2. The van der Waals surface area contributed by atoms with E-state index in [1.54, 1.807) is 0 Å². The SMILES string of the molecule is Cc1ccc(OCC(O)CNC2CCC2)cc1. The molecule has 0 aromatic heterocycles. The maximum Gasteiger partial charge on any atom is 0.119 e. The van der Waals surface area contributed by atoms with Crippen LogP contribution in [0.3, 0.4) is 0 Å². The van der Waals surface area contributed by atoms with Crippen LogP contribution in [0.4, 0.5) is 0 Å². The van der Waals surface area contributed by atoms with Crippen LogP contribution in [0.15, 0.2) is 24.3 Å². The molecule has 0 heterocycles. The van der Waals surface area contributed by atoms with Crippen molar-refractivity contribution in [3.63, 3.8) is 0 Å². The van der Waals surface area contributed by atoms with Gasteiger partial charge in [0.2, 0.25) is 0 Å². The van der Waals surface area contributed by atoms with E-state index in [9.17, 15) is 5.11 Å². The van der Waals surface area contributed by atoms with Crippen molar-refractivity contribution in [1.82, 2.24) is 5.32 Å². The lowest BCUT2D eigenvalue weighted by Crippen LogP contribution is -2.41. The van der Waals surface area contributed by atoms with Crippen LogP contribution in [-0.4, -0.2) is 30.4 Å². The Morgan fingerprint density at radius 1 is 1.35 bits per heavy atom. The van der Waals surface area contributed by atoms with Crippen molar-refractivity contribution in [1.29, 1.82) is 0 Å². The zero-order valence-corrected chi connectivity index (χ0v) is 10.4. The summed E-state index contributed by atoms with van der Waals surface area (Å²) in [6.07, 6.45) is 3.36. The van der Waals surface area contributed by atoms with Crippen molar-refractivity contribution in [2.24, 2.45) is 0 Å². The monoisotopic (exact) mass is 235 g/mol. The molecule has 1 atom stereocenters. The first-order valence-corrected chi connectivity index (χ1v) is 6.35. The van der Waals surface area contributed by atoms with Crippen molar-refractivity contribution in [3.8, 4) is 5.75 Å². The highest BCUT2D eigenvalue weighted by molar-refractivity contribution is 5.26. The van der Waals surface area contributed by atoms with Gasteiger partial charge in [-0.05, 0) is 31.9 Å². The molecule has 0 saturated heterocycles. The molecule has 1 aromatic carbocycles. The summed E-state index contributed by atoms with van der Waals surface area (Å²) in [5, 5.41) is 13.1. The average molecular weight is 235 g/mol. The molecule has 0 aliphatic heterocycles. The van der Waals surface area contributed by atoms with E-state index < -0.39 is 6.10 Å². The number of benzene rings is 1. The minimum atomic E-state index is -0.433. The van der Waals surface area contributed by atoms with Crippen molar-refractivity contribution in [2.45, 2.75) is 38.3 Å². The van der Waals surface area contributed by atoms with Crippen LogP contribution in [0.25, 0.3) is 0 Å². The molecule has 2 rings (SSSR count). The predicted octanol–water partition coefficient (Wildman–Crippen LogP) is 1.88. The molecule has 2 N–H and O–H groups in total. The van der Waals surface area contributed by atoms with Gasteiger partial charge in [0.25, 0.3) is 0 Å². The highest BCUT2D eigenvalue weighted by atomic mass is 16.5. The molecule has 0 radical (unpaired) electrons. The zero-order valence-electron chi connectivity index (χ0n) is 10.4. The van der Waals surface area contributed by atoms with E-state index >= 15 is 0 Å². The van der Waals surface area contributed by atoms with Crippen LogP contribution in [0, 0.1) is 6.92 Å². The molecule has 1 saturated carbocycles. The van der Waals surface area contributed by atoms with E-state index in [2.05, 4.69) is 5.32 Å². The first-order chi connectivity index (χ1) is 8.24. The van der Waals surface area contributed by atoms with Crippen LogP contribution < -0.4 is 10.1 Å². The number of aryl methyl sites for hydroxylation is 1. The maximum absolute atomic E-state index is 9.75. The lowest BCUT2D eigenvalue weighted by atomic mass is 9.93. The predicted molar refractivity (Wildman–Crippen MR) is 68.3 cm³/mol. The number of aliphatic hydroxyl groups is 1. The van der Waals surface area contributed by atoms with Gasteiger partial charge in [-0.25, -0.2) is 0 Å². The number of hydrogen-bond acceptors (Lipinski definition) is 3. The Morgan fingerprint density at radius 2 is 2.06 bits per heavy atom. The fourth-order valence-electron chi connectivity index (χ4n) is 1.80. The largest absolute Gasteiger partial charge is 0.491 e. The van der Waals surface area contributed by atoms with Gasteiger partial charge in [-0.15, -0.1) is 0 Å². The smallest absolute Gasteiger partial charge is 0.119 e. The van der Waals surface area contributed by atoms with E-state index in [1.807, 2.05) is 31.2 Å². The van der Waals surface area contributed by atoms with Crippen LogP contribution in [-0.2, 0) is 0 Å². The molecular weight excluding hydrogens is 214 g/mol. The molecule has 94 valence electrons. The lowest BCUT2D eigenvalue weighted by molar-refractivity contribution is 0.0997. The van der Waals surface area contributed by atoms with Crippen molar-refractivity contribution in [2.75, 3.05) is 13.2 Å². The molecule has 1 aliphatic rings. The second kappa shape index (κ2) is 6.03. The molecule has 0 spiro atoms. The third kappa shape index (κ3) is 4.02. The van der Waals surface area contributed by atoms with Gasteiger partial charge in [0, 0.05) is 12.6 Å². The van der Waals surface area contributed by atoms with Crippen molar-refractivity contribution >= 4 is 0 Å². The first kappa shape index (κ1) is 12.4. The van der Waals surface area contributed by atoms with Crippen LogP contribution >= 0.6 is 0 Å². The summed E-state index contributed by atoms with van der Waals surface area (Å²) in [6.45, 7) is 3.01. The van der Waals surface area contributed by atoms with E-state index in [1.165, 1.54) is 24.8 Å². The number of rotatable bonds is 6. The molecule has 1 aliphatic carbocycles. The Labute approximate surface area is 103 Å². The summed E-state index contributed by atoms with van der Waals surface area (Å²) in [6, 6.07) is 8.50. The number of hydrogen-bond donors (Lipinski definition) is 2. The van der Waals surface area contributed by atoms with Gasteiger partial charge in [0.15, 0.2) is 0 Å². The standard InChI is InChI=1S/C14H21NO2/c1-11-5-7-14(8-6-11)17-10-13(16)9-15-12-3-2-4-12/h5-8,12-13,15-16H,2-4,9-10H2,1H3. The van der Waals surface area contributed by atoms with E-state index in [4.69, 9.17) is 4.74 Å². The minimum absolute atomic E-state index is 0.350. The van der Waals surface area contributed by atoms with Gasteiger partial charge >= 0.3 is 0 Å². The molecule has 1 aromatic rings. The summed E-state index contributed by atoms with van der Waals surface area (Å²) in [5.74, 6) is 0.818. The summed E-state index contributed by atoms with van der Waals surface area (Å²) < 4.78 is 5.52.